The third-order valence-corrected chi connectivity index (χ3v) is 4.46. The SMILES string of the molecule is CCCNC(Cc1ccc(CC)cn1)C1CC1(C)C. The summed E-state index contributed by atoms with van der Waals surface area (Å²) in [6, 6.07) is 5.02. The van der Waals surface area contributed by atoms with Crippen molar-refractivity contribution < 1.29 is 0 Å². The number of nitrogens with zero attached hydrogens (tertiary/aromatic N) is 1. The van der Waals surface area contributed by atoms with Crippen LogP contribution < -0.4 is 5.32 Å². The largest absolute Gasteiger partial charge is 0.313 e. The molecule has 0 amide bonds. The second-order valence-corrected chi connectivity index (χ2v) is 6.58. The first-order valence-corrected chi connectivity index (χ1v) is 7.74. The van der Waals surface area contributed by atoms with Gasteiger partial charge in [0.15, 0.2) is 0 Å². The van der Waals surface area contributed by atoms with Crippen LogP contribution in [0.3, 0.4) is 0 Å². The van der Waals surface area contributed by atoms with Gasteiger partial charge in [-0.1, -0.05) is 33.8 Å². The lowest BCUT2D eigenvalue weighted by molar-refractivity contribution is 0.400. The molecule has 2 rings (SSSR count). The molecule has 1 saturated carbocycles. The maximum Gasteiger partial charge on any atom is 0.0419 e. The molecule has 1 aromatic rings. The highest BCUT2D eigenvalue weighted by atomic mass is 14.9. The van der Waals surface area contributed by atoms with E-state index in [2.05, 4.69) is 50.1 Å². The molecule has 0 bridgehead atoms. The molecule has 0 radical (unpaired) electrons. The van der Waals surface area contributed by atoms with Gasteiger partial charge in [-0.15, -0.1) is 0 Å². The van der Waals surface area contributed by atoms with Crippen molar-refractivity contribution in [1.82, 2.24) is 10.3 Å². The molecule has 1 fully saturated rings. The lowest BCUT2D eigenvalue weighted by atomic mass is 9.99. The van der Waals surface area contributed by atoms with Crippen molar-refractivity contribution in [1.29, 1.82) is 0 Å². The predicted molar refractivity (Wildman–Crippen MR) is 81.3 cm³/mol. The van der Waals surface area contributed by atoms with Crippen LogP contribution in [0.4, 0.5) is 0 Å². The summed E-state index contributed by atoms with van der Waals surface area (Å²) in [6.07, 6.45) is 6.72. The number of pyridine rings is 1. The van der Waals surface area contributed by atoms with Gasteiger partial charge in [0.1, 0.15) is 0 Å². The number of nitrogens with one attached hydrogen (secondary N) is 1. The molecule has 1 aliphatic rings. The quantitative estimate of drug-likeness (QED) is 0.810. The lowest BCUT2D eigenvalue weighted by Crippen LogP contribution is -2.35. The van der Waals surface area contributed by atoms with E-state index in [4.69, 9.17) is 0 Å². The number of aryl methyl sites for hydroxylation is 1. The maximum atomic E-state index is 4.62. The Labute approximate surface area is 118 Å². The molecule has 1 N–H and O–H groups in total. The zero-order chi connectivity index (χ0) is 13.9. The lowest BCUT2D eigenvalue weighted by Gasteiger charge is -2.20. The highest BCUT2D eigenvalue weighted by Crippen LogP contribution is 2.53. The third kappa shape index (κ3) is 3.79. The Hall–Kier alpha value is -0.890. The Balaban J connectivity index is 1.98. The molecular weight excluding hydrogens is 232 g/mol. The predicted octanol–water partition coefficient (Wildman–Crippen LogP) is 3.60. The van der Waals surface area contributed by atoms with E-state index in [0.29, 0.717) is 11.5 Å². The molecule has 0 spiro atoms. The highest BCUT2D eigenvalue weighted by molar-refractivity contribution is 5.16. The monoisotopic (exact) mass is 260 g/mol. The summed E-state index contributed by atoms with van der Waals surface area (Å²) >= 11 is 0. The van der Waals surface area contributed by atoms with Gasteiger partial charge in [-0.25, -0.2) is 0 Å². The average Bonchev–Trinajstić information content (AvgIpc) is 3.04. The minimum atomic E-state index is 0.523. The fourth-order valence-corrected chi connectivity index (χ4v) is 2.89. The molecule has 1 aromatic heterocycles. The minimum Gasteiger partial charge on any atom is -0.313 e. The van der Waals surface area contributed by atoms with E-state index in [9.17, 15) is 0 Å². The summed E-state index contributed by atoms with van der Waals surface area (Å²) in [5.41, 5.74) is 3.08. The summed E-state index contributed by atoms with van der Waals surface area (Å²) in [4.78, 5) is 4.62. The van der Waals surface area contributed by atoms with Crippen molar-refractivity contribution in [2.24, 2.45) is 11.3 Å². The third-order valence-electron chi connectivity index (χ3n) is 4.46. The van der Waals surface area contributed by atoms with Crippen LogP contribution in [-0.4, -0.2) is 17.6 Å². The normalized spacial score (nSPS) is 22.2. The van der Waals surface area contributed by atoms with E-state index in [-0.39, 0.29) is 0 Å². The van der Waals surface area contributed by atoms with Crippen LogP contribution in [0.15, 0.2) is 18.3 Å². The molecule has 0 aliphatic heterocycles. The van der Waals surface area contributed by atoms with Gasteiger partial charge in [-0.3, -0.25) is 4.98 Å². The molecule has 0 saturated heterocycles. The topological polar surface area (TPSA) is 24.9 Å². The summed E-state index contributed by atoms with van der Waals surface area (Å²) in [7, 11) is 0. The second kappa shape index (κ2) is 6.04. The summed E-state index contributed by atoms with van der Waals surface area (Å²) in [5, 5.41) is 3.72. The van der Waals surface area contributed by atoms with Crippen LogP contribution >= 0.6 is 0 Å². The Kier molecular flexibility index (Phi) is 4.62. The summed E-state index contributed by atoms with van der Waals surface area (Å²) < 4.78 is 0. The average molecular weight is 260 g/mol. The van der Waals surface area contributed by atoms with Gasteiger partial charge in [0.05, 0.1) is 0 Å². The highest BCUT2D eigenvalue weighted by Gasteiger charge is 2.49. The smallest absolute Gasteiger partial charge is 0.0419 e. The van der Waals surface area contributed by atoms with Gasteiger partial charge in [0.25, 0.3) is 0 Å². The molecule has 2 heteroatoms. The molecule has 106 valence electrons. The van der Waals surface area contributed by atoms with E-state index in [1.807, 2.05) is 6.20 Å². The van der Waals surface area contributed by atoms with Gasteiger partial charge in [-0.2, -0.15) is 0 Å². The summed E-state index contributed by atoms with van der Waals surface area (Å²) in [6.45, 7) is 10.3. The van der Waals surface area contributed by atoms with Crippen LogP contribution in [0.1, 0.15) is 51.8 Å². The maximum absolute atomic E-state index is 4.62. The first-order chi connectivity index (χ1) is 9.06. The van der Waals surface area contributed by atoms with Crippen LogP contribution in [0.2, 0.25) is 0 Å². The second-order valence-electron chi connectivity index (χ2n) is 6.58. The molecule has 19 heavy (non-hydrogen) atoms. The van der Waals surface area contributed by atoms with Gasteiger partial charge >= 0.3 is 0 Å². The van der Waals surface area contributed by atoms with Crippen LogP contribution in [0.5, 0.6) is 0 Å². The standard InChI is InChI=1S/C17H28N2/c1-5-9-18-16(15-11-17(15,3)4)10-14-8-7-13(6-2)12-19-14/h7-8,12,15-16,18H,5-6,9-11H2,1-4H3. The Bertz CT molecular complexity index is 394. The van der Waals surface area contributed by atoms with E-state index in [1.54, 1.807) is 0 Å². The molecule has 0 aromatic carbocycles. The Morgan fingerprint density at radius 3 is 2.58 bits per heavy atom. The van der Waals surface area contributed by atoms with E-state index >= 15 is 0 Å². The fraction of sp³-hybridized carbons (Fsp3) is 0.706. The van der Waals surface area contributed by atoms with Crippen molar-refractivity contribution in [3.05, 3.63) is 29.6 Å². The van der Waals surface area contributed by atoms with Crippen molar-refractivity contribution in [3.63, 3.8) is 0 Å². The van der Waals surface area contributed by atoms with Crippen LogP contribution in [0, 0.1) is 11.3 Å². The Morgan fingerprint density at radius 1 is 1.37 bits per heavy atom. The number of aromatic nitrogens is 1. The van der Waals surface area contributed by atoms with Crippen LogP contribution in [0.25, 0.3) is 0 Å². The molecular formula is C17H28N2. The van der Waals surface area contributed by atoms with Crippen molar-refractivity contribution in [3.8, 4) is 0 Å². The molecule has 1 aliphatic carbocycles. The number of hydrogen-bond donors (Lipinski definition) is 1. The molecule has 2 unspecified atom stereocenters. The van der Waals surface area contributed by atoms with E-state index in [1.165, 1.54) is 24.1 Å². The van der Waals surface area contributed by atoms with Crippen molar-refractivity contribution in [2.75, 3.05) is 6.54 Å². The van der Waals surface area contributed by atoms with Gasteiger partial charge < -0.3 is 5.32 Å². The van der Waals surface area contributed by atoms with Gasteiger partial charge in [0.2, 0.25) is 0 Å². The Morgan fingerprint density at radius 2 is 2.11 bits per heavy atom. The van der Waals surface area contributed by atoms with Crippen molar-refractivity contribution >= 4 is 0 Å². The zero-order valence-corrected chi connectivity index (χ0v) is 12.9. The molecule has 2 atom stereocenters. The first-order valence-electron chi connectivity index (χ1n) is 7.74. The van der Waals surface area contributed by atoms with Gasteiger partial charge in [0, 0.05) is 24.4 Å². The van der Waals surface area contributed by atoms with Crippen LogP contribution in [-0.2, 0) is 12.8 Å². The first kappa shape index (κ1) is 14.5. The molecule has 1 heterocycles. The zero-order valence-electron chi connectivity index (χ0n) is 12.9. The fourth-order valence-electron chi connectivity index (χ4n) is 2.89. The minimum absolute atomic E-state index is 0.523. The number of hydrogen-bond acceptors (Lipinski definition) is 2. The van der Waals surface area contributed by atoms with Crippen molar-refractivity contribution in [2.45, 2.75) is 59.4 Å². The summed E-state index contributed by atoms with van der Waals surface area (Å²) in [5.74, 6) is 0.812. The van der Waals surface area contributed by atoms with Gasteiger partial charge in [-0.05, 0) is 48.8 Å². The van der Waals surface area contributed by atoms with E-state index < -0.39 is 0 Å². The number of rotatable bonds is 7. The molecule has 2 nitrogen and oxygen atoms in total. The van der Waals surface area contributed by atoms with E-state index in [0.717, 1.165) is 25.3 Å².